The van der Waals surface area contributed by atoms with Gasteiger partial charge in [-0.05, 0) is 36.8 Å². The Morgan fingerprint density at radius 1 is 1.41 bits per heavy atom. The minimum Gasteiger partial charge on any atom is -0.383 e. The number of rotatable bonds is 4. The predicted molar refractivity (Wildman–Crippen MR) is 73.7 cm³/mol. The highest BCUT2D eigenvalue weighted by Crippen LogP contribution is 2.27. The van der Waals surface area contributed by atoms with E-state index in [0.29, 0.717) is 0 Å². The first-order valence-corrected chi connectivity index (χ1v) is 6.74. The number of hydrogen-bond acceptors (Lipinski definition) is 3. The van der Waals surface area contributed by atoms with Crippen molar-refractivity contribution in [2.24, 2.45) is 0 Å². The maximum Gasteiger partial charge on any atom is 0.140 e. The lowest BCUT2D eigenvalue weighted by Crippen LogP contribution is -2.02. The van der Waals surface area contributed by atoms with Gasteiger partial charge in [0.1, 0.15) is 5.82 Å². The second-order valence-electron chi connectivity index (χ2n) is 3.99. The molecule has 1 heterocycles. The van der Waals surface area contributed by atoms with E-state index in [-0.39, 0.29) is 0 Å². The lowest BCUT2D eigenvalue weighted by Gasteiger charge is -2.05. The standard InChI is InChI=1S/C13H17N3S/c1-3-7-17-12-9-15-16(13(12)14)11-6-4-5-10(2)8-11/h4-6,8-9H,3,7,14H2,1-2H3. The molecule has 1 aromatic carbocycles. The normalized spacial score (nSPS) is 10.7. The van der Waals surface area contributed by atoms with Crippen molar-refractivity contribution < 1.29 is 0 Å². The zero-order valence-electron chi connectivity index (χ0n) is 10.2. The van der Waals surface area contributed by atoms with Crippen LogP contribution in [0.1, 0.15) is 18.9 Å². The highest BCUT2D eigenvalue weighted by Gasteiger charge is 2.08. The summed E-state index contributed by atoms with van der Waals surface area (Å²) in [6, 6.07) is 8.18. The van der Waals surface area contributed by atoms with Gasteiger partial charge in [0.05, 0.1) is 16.8 Å². The molecule has 2 rings (SSSR count). The van der Waals surface area contributed by atoms with Crippen molar-refractivity contribution in [1.82, 2.24) is 9.78 Å². The zero-order valence-corrected chi connectivity index (χ0v) is 11.0. The Labute approximate surface area is 106 Å². The van der Waals surface area contributed by atoms with E-state index in [9.17, 15) is 0 Å². The third-order valence-corrected chi connectivity index (χ3v) is 3.72. The monoisotopic (exact) mass is 247 g/mol. The summed E-state index contributed by atoms with van der Waals surface area (Å²) in [5.41, 5.74) is 8.33. The number of anilines is 1. The number of nitrogen functional groups attached to an aromatic ring is 1. The number of nitrogens with zero attached hydrogens (tertiary/aromatic N) is 2. The maximum atomic E-state index is 6.11. The van der Waals surface area contributed by atoms with Gasteiger partial charge in [0.15, 0.2) is 0 Å². The summed E-state index contributed by atoms with van der Waals surface area (Å²) in [5.74, 6) is 1.80. The molecule has 0 aliphatic rings. The second kappa shape index (κ2) is 5.27. The molecule has 0 atom stereocenters. The van der Waals surface area contributed by atoms with E-state index < -0.39 is 0 Å². The minimum absolute atomic E-state index is 0.731. The number of nitrogens with two attached hydrogens (primary N) is 1. The van der Waals surface area contributed by atoms with Gasteiger partial charge in [-0.3, -0.25) is 0 Å². The van der Waals surface area contributed by atoms with Gasteiger partial charge in [0.2, 0.25) is 0 Å². The molecule has 0 aliphatic heterocycles. The van der Waals surface area contributed by atoms with Gasteiger partial charge < -0.3 is 5.73 Å². The molecule has 0 fully saturated rings. The summed E-state index contributed by atoms with van der Waals surface area (Å²) < 4.78 is 1.80. The maximum absolute atomic E-state index is 6.11. The number of aryl methyl sites for hydroxylation is 1. The van der Waals surface area contributed by atoms with Crippen LogP contribution in [0.25, 0.3) is 5.69 Å². The van der Waals surface area contributed by atoms with Crippen LogP contribution in [0.2, 0.25) is 0 Å². The summed E-state index contributed by atoms with van der Waals surface area (Å²) in [4.78, 5) is 1.06. The minimum atomic E-state index is 0.731. The lowest BCUT2D eigenvalue weighted by atomic mass is 10.2. The SMILES string of the molecule is CCCSc1cnn(-c2cccc(C)c2)c1N. The predicted octanol–water partition coefficient (Wildman–Crippen LogP) is 3.27. The van der Waals surface area contributed by atoms with E-state index in [1.165, 1.54) is 5.56 Å². The Balaban J connectivity index is 2.30. The summed E-state index contributed by atoms with van der Waals surface area (Å²) >= 11 is 1.76. The molecule has 0 saturated carbocycles. The number of aromatic nitrogens is 2. The molecule has 0 bridgehead atoms. The van der Waals surface area contributed by atoms with Crippen LogP contribution in [0, 0.1) is 6.92 Å². The first-order chi connectivity index (χ1) is 8.22. The fraction of sp³-hybridized carbons (Fsp3) is 0.308. The van der Waals surface area contributed by atoms with Crippen LogP contribution in [0.3, 0.4) is 0 Å². The Bertz CT molecular complexity index is 505. The van der Waals surface area contributed by atoms with Crippen LogP contribution in [-0.2, 0) is 0 Å². The average molecular weight is 247 g/mol. The van der Waals surface area contributed by atoms with Crippen molar-refractivity contribution in [1.29, 1.82) is 0 Å². The van der Waals surface area contributed by atoms with Crippen molar-refractivity contribution in [2.75, 3.05) is 11.5 Å². The van der Waals surface area contributed by atoms with Crippen LogP contribution < -0.4 is 5.73 Å². The van der Waals surface area contributed by atoms with Gasteiger partial charge in [-0.1, -0.05) is 19.1 Å². The molecule has 2 N–H and O–H groups in total. The Hall–Kier alpha value is -1.42. The van der Waals surface area contributed by atoms with Gasteiger partial charge >= 0.3 is 0 Å². The van der Waals surface area contributed by atoms with Gasteiger partial charge in [-0.15, -0.1) is 11.8 Å². The molecule has 4 heteroatoms. The second-order valence-corrected chi connectivity index (χ2v) is 5.13. The van der Waals surface area contributed by atoms with Crippen LogP contribution in [-0.4, -0.2) is 15.5 Å². The topological polar surface area (TPSA) is 43.8 Å². The van der Waals surface area contributed by atoms with Crippen molar-refractivity contribution in [3.8, 4) is 5.69 Å². The molecule has 0 spiro atoms. The highest BCUT2D eigenvalue weighted by atomic mass is 32.2. The first kappa shape index (κ1) is 12.0. The third kappa shape index (κ3) is 2.64. The summed E-state index contributed by atoms with van der Waals surface area (Å²) in [7, 11) is 0. The molecule has 0 aliphatic carbocycles. The molecule has 0 saturated heterocycles. The smallest absolute Gasteiger partial charge is 0.140 e. The Morgan fingerprint density at radius 3 is 2.94 bits per heavy atom. The molecule has 0 radical (unpaired) electrons. The lowest BCUT2D eigenvalue weighted by molar-refractivity contribution is 0.889. The van der Waals surface area contributed by atoms with E-state index in [4.69, 9.17) is 5.73 Å². The van der Waals surface area contributed by atoms with Crippen molar-refractivity contribution in [2.45, 2.75) is 25.2 Å². The fourth-order valence-corrected chi connectivity index (χ4v) is 2.41. The molecule has 0 unspecified atom stereocenters. The molecule has 17 heavy (non-hydrogen) atoms. The summed E-state index contributed by atoms with van der Waals surface area (Å²) in [6.45, 7) is 4.23. The largest absolute Gasteiger partial charge is 0.383 e. The quantitative estimate of drug-likeness (QED) is 0.843. The van der Waals surface area contributed by atoms with E-state index in [2.05, 4.69) is 31.1 Å². The molecule has 3 nitrogen and oxygen atoms in total. The molecule has 0 amide bonds. The van der Waals surface area contributed by atoms with Gasteiger partial charge in [-0.2, -0.15) is 5.10 Å². The summed E-state index contributed by atoms with van der Waals surface area (Å²) in [5, 5.41) is 4.35. The van der Waals surface area contributed by atoms with Crippen LogP contribution in [0.5, 0.6) is 0 Å². The van der Waals surface area contributed by atoms with Gasteiger partial charge in [0.25, 0.3) is 0 Å². The average Bonchev–Trinajstić information content (AvgIpc) is 2.68. The van der Waals surface area contributed by atoms with Crippen molar-refractivity contribution in [3.05, 3.63) is 36.0 Å². The van der Waals surface area contributed by atoms with E-state index in [0.717, 1.165) is 28.6 Å². The Morgan fingerprint density at radius 2 is 2.24 bits per heavy atom. The van der Waals surface area contributed by atoms with Crippen molar-refractivity contribution in [3.63, 3.8) is 0 Å². The van der Waals surface area contributed by atoms with Crippen LogP contribution >= 0.6 is 11.8 Å². The number of benzene rings is 1. The highest BCUT2D eigenvalue weighted by molar-refractivity contribution is 7.99. The van der Waals surface area contributed by atoms with Gasteiger partial charge in [-0.25, -0.2) is 4.68 Å². The molecule has 90 valence electrons. The van der Waals surface area contributed by atoms with Gasteiger partial charge in [0, 0.05) is 0 Å². The molecular formula is C13H17N3S. The zero-order chi connectivity index (χ0) is 12.3. The van der Waals surface area contributed by atoms with Crippen LogP contribution in [0.15, 0.2) is 35.4 Å². The summed E-state index contributed by atoms with van der Waals surface area (Å²) in [6.07, 6.45) is 2.98. The number of hydrogen-bond donors (Lipinski definition) is 1. The van der Waals surface area contributed by atoms with Crippen molar-refractivity contribution >= 4 is 17.6 Å². The third-order valence-electron chi connectivity index (χ3n) is 2.48. The van der Waals surface area contributed by atoms with E-state index in [1.807, 2.05) is 18.3 Å². The first-order valence-electron chi connectivity index (χ1n) is 5.75. The van der Waals surface area contributed by atoms with Crippen LogP contribution in [0.4, 0.5) is 5.82 Å². The number of thioether (sulfide) groups is 1. The Kier molecular flexibility index (Phi) is 3.74. The molecular weight excluding hydrogens is 230 g/mol. The molecule has 1 aromatic heterocycles. The van der Waals surface area contributed by atoms with E-state index in [1.54, 1.807) is 16.4 Å². The fourth-order valence-electron chi connectivity index (χ4n) is 1.63. The van der Waals surface area contributed by atoms with E-state index >= 15 is 0 Å². The molecule has 2 aromatic rings.